The smallest absolute Gasteiger partial charge is 0.462 e. The van der Waals surface area contributed by atoms with Crippen LogP contribution in [0.4, 0.5) is 13.2 Å². The van der Waals surface area contributed by atoms with E-state index in [1.807, 2.05) is 11.8 Å². The first kappa shape index (κ1) is 23.7. The number of ether oxygens (including phenoxy) is 2. The van der Waals surface area contributed by atoms with Crippen LogP contribution in [0.1, 0.15) is 46.5 Å². The van der Waals surface area contributed by atoms with Crippen LogP contribution in [-0.2, 0) is 11.3 Å². The van der Waals surface area contributed by atoms with Gasteiger partial charge < -0.3 is 14.5 Å². The number of benzene rings is 1. The number of esters is 1. The molecule has 172 valence electrons. The number of nitrogens with one attached hydrogen (secondary N) is 1. The maximum atomic E-state index is 12.7. The Morgan fingerprint density at radius 1 is 1.28 bits per heavy atom. The fourth-order valence-electron chi connectivity index (χ4n) is 3.18. The minimum atomic E-state index is -4.74. The van der Waals surface area contributed by atoms with Crippen molar-refractivity contribution in [2.45, 2.75) is 39.7 Å². The van der Waals surface area contributed by atoms with Crippen LogP contribution in [0.5, 0.6) is 5.75 Å². The molecule has 3 rings (SSSR count). The van der Waals surface area contributed by atoms with Gasteiger partial charge in [0.2, 0.25) is 0 Å². The van der Waals surface area contributed by atoms with Crippen molar-refractivity contribution >= 4 is 27.5 Å². The average Bonchev–Trinajstić information content (AvgIpc) is 3.05. The van der Waals surface area contributed by atoms with E-state index in [1.54, 1.807) is 20.9 Å². The Morgan fingerprint density at radius 2 is 1.94 bits per heavy atom. The molecule has 32 heavy (non-hydrogen) atoms. The summed E-state index contributed by atoms with van der Waals surface area (Å²) in [6.45, 7) is 5.86. The number of fused-ring (bicyclic) bond motifs is 1. The van der Waals surface area contributed by atoms with Crippen molar-refractivity contribution in [3.63, 3.8) is 0 Å². The van der Waals surface area contributed by atoms with Gasteiger partial charge in [-0.1, -0.05) is 12.1 Å². The first-order chi connectivity index (χ1) is 15.0. The molecule has 2 aromatic heterocycles. The van der Waals surface area contributed by atoms with Crippen LogP contribution in [0.25, 0.3) is 10.2 Å². The fraction of sp³-hybridized carbons (Fsp3) is 0.381. The summed E-state index contributed by atoms with van der Waals surface area (Å²) in [7, 11) is 1.80. The number of carbonyl (C=O) groups is 1. The lowest BCUT2D eigenvalue weighted by Crippen LogP contribution is -2.26. The molecule has 11 heteroatoms. The summed E-state index contributed by atoms with van der Waals surface area (Å²) in [5.41, 5.74) is 0.947. The van der Waals surface area contributed by atoms with Crippen LogP contribution in [0.3, 0.4) is 0 Å². The van der Waals surface area contributed by atoms with Crippen molar-refractivity contribution in [3.8, 4) is 5.75 Å². The normalized spacial score (nSPS) is 12.9. The summed E-state index contributed by atoms with van der Waals surface area (Å²) < 4.78 is 45.8. The quantitative estimate of drug-likeness (QED) is 0.511. The molecule has 1 unspecified atom stereocenters. The van der Waals surface area contributed by atoms with Crippen molar-refractivity contribution in [1.29, 1.82) is 0 Å². The Labute approximate surface area is 185 Å². The zero-order valence-corrected chi connectivity index (χ0v) is 18.7. The Kier molecular flexibility index (Phi) is 6.89. The number of hydrogen-bond donors (Lipinski definition) is 1. The maximum Gasteiger partial charge on any atom is 0.573 e. The summed E-state index contributed by atoms with van der Waals surface area (Å²) in [4.78, 5) is 34.8. The van der Waals surface area contributed by atoms with Gasteiger partial charge in [0.15, 0.2) is 0 Å². The van der Waals surface area contributed by atoms with Crippen molar-refractivity contribution in [1.82, 2.24) is 14.9 Å². The number of aromatic nitrogens is 2. The molecule has 0 aliphatic carbocycles. The standard InChI is InChI=1S/C21H22F3N3O4S/c1-5-30-20(29)16-11(2)15-18(28)25-17(26-19(15)32-16)12(3)27(4)10-13-6-8-14(9-7-13)31-21(22,23)24/h6-9,12H,5,10H2,1-4H3,(H,25,26,28). The molecule has 0 aliphatic rings. The molecule has 3 aromatic rings. The maximum absolute atomic E-state index is 12.7. The Morgan fingerprint density at radius 3 is 2.53 bits per heavy atom. The van der Waals surface area contributed by atoms with Gasteiger partial charge in [-0.05, 0) is 51.1 Å². The number of nitrogens with zero attached hydrogens (tertiary/aromatic N) is 2. The molecule has 0 saturated carbocycles. The molecule has 1 N–H and O–H groups in total. The molecule has 0 bridgehead atoms. The zero-order chi connectivity index (χ0) is 23.6. The number of aryl methyl sites for hydroxylation is 1. The van der Waals surface area contributed by atoms with Crippen molar-refractivity contribution in [3.05, 3.63) is 56.4 Å². The molecule has 1 atom stereocenters. The number of H-pyrrole nitrogens is 1. The predicted octanol–water partition coefficient (Wildman–Crippen LogP) is 4.56. The van der Waals surface area contributed by atoms with Crippen molar-refractivity contribution in [2.24, 2.45) is 0 Å². The number of halogens is 3. The third kappa shape index (κ3) is 5.28. The number of thiophene rings is 1. The highest BCUT2D eigenvalue weighted by Gasteiger charge is 2.31. The molecule has 0 amide bonds. The predicted molar refractivity (Wildman–Crippen MR) is 114 cm³/mol. The van der Waals surface area contributed by atoms with Gasteiger partial charge >= 0.3 is 12.3 Å². The van der Waals surface area contributed by atoms with Crippen LogP contribution in [0, 0.1) is 6.92 Å². The summed E-state index contributed by atoms with van der Waals surface area (Å²) in [5.74, 6) is -0.366. The summed E-state index contributed by atoms with van der Waals surface area (Å²) >= 11 is 1.11. The third-order valence-electron chi connectivity index (χ3n) is 4.93. The van der Waals surface area contributed by atoms with Gasteiger partial charge in [-0.3, -0.25) is 9.69 Å². The largest absolute Gasteiger partial charge is 0.573 e. The van der Waals surface area contributed by atoms with Crippen molar-refractivity contribution in [2.75, 3.05) is 13.7 Å². The average molecular weight is 469 g/mol. The highest BCUT2D eigenvalue weighted by molar-refractivity contribution is 7.20. The Bertz CT molecular complexity index is 1170. The molecule has 7 nitrogen and oxygen atoms in total. The second-order valence-electron chi connectivity index (χ2n) is 7.19. The Balaban J connectivity index is 1.80. The summed E-state index contributed by atoms with van der Waals surface area (Å²) in [5, 5.41) is 0.358. The summed E-state index contributed by atoms with van der Waals surface area (Å²) in [6, 6.07) is 5.26. The van der Waals surface area contributed by atoms with Gasteiger partial charge in [-0.2, -0.15) is 0 Å². The van der Waals surface area contributed by atoms with E-state index in [0.717, 1.165) is 16.9 Å². The van der Waals surface area contributed by atoms with Crippen LogP contribution in [0.2, 0.25) is 0 Å². The van der Waals surface area contributed by atoms with E-state index in [4.69, 9.17) is 4.74 Å². The highest BCUT2D eigenvalue weighted by Crippen LogP contribution is 2.29. The number of hydrogen-bond acceptors (Lipinski definition) is 7. The van der Waals surface area contributed by atoms with E-state index in [2.05, 4.69) is 14.7 Å². The van der Waals surface area contributed by atoms with Gasteiger partial charge in [0.05, 0.1) is 18.0 Å². The lowest BCUT2D eigenvalue weighted by Gasteiger charge is -2.24. The fourth-order valence-corrected chi connectivity index (χ4v) is 4.26. The van der Waals surface area contributed by atoms with Gasteiger partial charge in [0.1, 0.15) is 21.3 Å². The molecule has 2 heterocycles. The zero-order valence-electron chi connectivity index (χ0n) is 17.9. The minimum Gasteiger partial charge on any atom is -0.462 e. The molecule has 0 spiro atoms. The topological polar surface area (TPSA) is 84.5 Å². The first-order valence-corrected chi connectivity index (χ1v) is 10.6. The first-order valence-electron chi connectivity index (χ1n) is 9.75. The molecule has 0 saturated heterocycles. The molecule has 0 aliphatic heterocycles. The van der Waals surface area contributed by atoms with E-state index < -0.39 is 12.3 Å². The number of aromatic amines is 1. The third-order valence-corrected chi connectivity index (χ3v) is 6.09. The molecule has 0 fully saturated rings. The number of alkyl halides is 3. The molecule has 1 aromatic carbocycles. The lowest BCUT2D eigenvalue weighted by atomic mass is 10.1. The molecular formula is C21H22F3N3O4S. The van der Waals surface area contributed by atoms with Crippen LogP contribution in [-0.4, -0.2) is 40.9 Å². The highest BCUT2D eigenvalue weighted by atomic mass is 32.1. The lowest BCUT2D eigenvalue weighted by molar-refractivity contribution is -0.274. The van der Waals surface area contributed by atoms with Gasteiger partial charge in [0.25, 0.3) is 5.56 Å². The van der Waals surface area contributed by atoms with Crippen molar-refractivity contribution < 1.29 is 27.4 Å². The van der Waals surface area contributed by atoms with E-state index in [9.17, 15) is 22.8 Å². The van der Waals surface area contributed by atoms with Gasteiger partial charge in [-0.15, -0.1) is 24.5 Å². The van der Waals surface area contributed by atoms with E-state index in [0.29, 0.717) is 33.0 Å². The second kappa shape index (κ2) is 9.29. The molecular weight excluding hydrogens is 447 g/mol. The van der Waals surface area contributed by atoms with Gasteiger partial charge in [0, 0.05) is 6.54 Å². The number of carbonyl (C=O) groups excluding carboxylic acids is 1. The van der Waals surface area contributed by atoms with E-state index >= 15 is 0 Å². The Hall–Kier alpha value is -2.92. The summed E-state index contributed by atoms with van der Waals surface area (Å²) in [6.07, 6.45) is -4.74. The SMILES string of the molecule is CCOC(=O)c1sc2nc(C(C)N(C)Cc3ccc(OC(F)(F)F)cc3)[nH]c(=O)c2c1C. The molecule has 0 radical (unpaired) electrons. The monoisotopic (exact) mass is 469 g/mol. The van der Waals surface area contributed by atoms with Gasteiger partial charge in [-0.25, -0.2) is 9.78 Å². The van der Waals surface area contributed by atoms with Crippen LogP contribution >= 0.6 is 11.3 Å². The van der Waals surface area contributed by atoms with E-state index in [-0.39, 0.29) is 24.0 Å². The minimum absolute atomic E-state index is 0.229. The van der Waals surface area contributed by atoms with Crippen LogP contribution < -0.4 is 10.3 Å². The second-order valence-corrected chi connectivity index (χ2v) is 8.19. The van der Waals surface area contributed by atoms with E-state index in [1.165, 1.54) is 24.3 Å². The number of rotatable bonds is 7. The van der Waals surface area contributed by atoms with Crippen LogP contribution in [0.15, 0.2) is 29.1 Å².